The van der Waals surface area contributed by atoms with Crippen molar-refractivity contribution in [1.29, 1.82) is 0 Å². The highest BCUT2D eigenvalue weighted by Crippen LogP contribution is 2.31. The molecule has 1 aliphatic carbocycles. The highest BCUT2D eigenvalue weighted by Gasteiger charge is 2.38. The quantitative estimate of drug-likeness (QED) is 0.363. The predicted molar refractivity (Wildman–Crippen MR) is 98.6 cm³/mol. The van der Waals surface area contributed by atoms with Gasteiger partial charge in [-0.1, -0.05) is 25.7 Å². The van der Waals surface area contributed by atoms with Gasteiger partial charge in [0, 0.05) is 18.9 Å². The number of amides is 2. The van der Waals surface area contributed by atoms with Gasteiger partial charge in [-0.2, -0.15) is 0 Å². The summed E-state index contributed by atoms with van der Waals surface area (Å²) in [4.78, 5) is 44.9. The Morgan fingerprint density at radius 1 is 1.29 bits per heavy atom. The maximum atomic E-state index is 13.2. The van der Waals surface area contributed by atoms with Crippen LogP contribution in [-0.2, 0) is 20.8 Å². The number of carbonyl (C=O) groups excluding carboxylic acids is 3. The first kappa shape index (κ1) is 20.3. The normalized spacial score (nSPS) is 20.9. The van der Waals surface area contributed by atoms with Crippen LogP contribution in [0.1, 0.15) is 44.3 Å². The summed E-state index contributed by atoms with van der Waals surface area (Å²) >= 11 is 0. The van der Waals surface area contributed by atoms with Gasteiger partial charge in [-0.25, -0.2) is 20.5 Å². The molecule has 0 spiro atoms. The van der Waals surface area contributed by atoms with Crippen LogP contribution in [0.4, 0.5) is 0 Å². The molecule has 0 radical (unpaired) electrons. The fourth-order valence-corrected chi connectivity index (χ4v) is 4.16. The van der Waals surface area contributed by atoms with Gasteiger partial charge in [0.2, 0.25) is 12.3 Å². The third-order valence-electron chi connectivity index (χ3n) is 5.54. The minimum Gasteiger partial charge on any atom is -0.297 e. The number of rotatable bonds is 9. The number of aromatic nitrogens is 2. The van der Waals surface area contributed by atoms with Crippen LogP contribution in [0.3, 0.4) is 0 Å². The molecule has 2 fully saturated rings. The summed E-state index contributed by atoms with van der Waals surface area (Å²) in [5.74, 6) is -0.0921. The van der Waals surface area contributed by atoms with E-state index in [-0.39, 0.29) is 24.7 Å². The van der Waals surface area contributed by atoms with Crippen LogP contribution in [-0.4, -0.2) is 62.5 Å². The molecule has 2 amide bonds. The standard InChI is InChI=1S/C19H27N5O4/c25-13-23(28)12-15(10-14-4-1-2-5-14)19(27)24-16(6-9-22-24)17(26)11-18-20-7-3-8-21-18/h3,7-8,13-16,22,28H,1-2,4-6,9-12H2/t15-,16+/m1/s1. The van der Waals surface area contributed by atoms with Gasteiger partial charge in [0.05, 0.1) is 18.9 Å². The van der Waals surface area contributed by atoms with Gasteiger partial charge in [-0.3, -0.25) is 24.6 Å². The van der Waals surface area contributed by atoms with Crippen molar-refractivity contribution >= 4 is 18.1 Å². The molecule has 0 bridgehead atoms. The Bertz CT molecular complexity index is 680. The van der Waals surface area contributed by atoms with Crippen LogP contribution in [0.2, 0.25) is 0 Å². The second kappa shape index (κ2) is 9.70. The molecule has 2 heterocycles. The molecule has 28 heavy (non-hydrogen) atoms. The van der Waals surface area contributed by atoms with Crippen molar-refractivity contribution in [3.8, 4) is 0 Å². The van der Waals surface area contributed by atoms with Crippen LogP contribution in [0, 0.1) is 11.8 Å². The third kappa shape index (κ3) is 5.11. The van der Waals surface area contributed by atoms with Gasteiger partial charge < -0.3 is 0 Å². The molecule has 3 rings (SSSR count). The molecule has 2 N–H and O–H groups in total. The molecule has 1 aromatic heterocycles. The van der Waals surface area contributed by atoms with Crippen LogP contribution in [0.25, 0.3) is 0 Å². The van der Waals surface area contributed by atoms with Crippen molar-refractivity contribution in [1.82, 2.24) is 25.5 Å². The molecular weight excluding hydrogens is 362 g/mol. The van der Waals surface area contributed by atoms with Crippen molar-refractivity contribution in [3.63, 3.8) is 0 Å². The summed E-state index contributed by atoms with van der Waals surface area (Å²) in [6.45, 7) is 0.449. The Kier molecular flexibility index (Phi) is 7.05. The van der Waals surface area contributed by atoms with Crippen molar-refractivity contribution in [2.75, 3.05) is 13.1 Å². The first-order valence-corrected chi connectivity index (χ1v) is 9.84. The second-order valence-electron chi connectivity index (χ2n) is 7.54. The van der Waals surface area contributed by atoms with E-state index >= 15 is 0 Å². The highest BCUT2D eigenvalue weighted by atomic mass is 16.5. The van der Waals surface area contributed by atoms with Crippen LogP contribution in [0.5, 0.6) is 0 Å². The van der Waals surface area contributed by atoms with E-state index in [9.17, 15) is 19.6 Å². The van der Waals surface area contributed by atoms with E-state index in [1.165, 1.54) is 5.01 Å². The molecule has 2 atom stereocenters. The Hall–Kier alpha value is -2.39. The number of hydrazine groups is 1. The van der Waals surface area contributed by atoms with E-state index in [0.29, 0.717) is 42.6 Å². The van der Waals surface area contributed by atoms with E-state index in [1.54, 1.807) is 18.5 Å². The molecule has 0 unspecified atom stereocenters. The summed E-state index contributed by atoms with van der Waals surface area (Å²) in [5.41, 5.74) is 3.00. The summed E-state index contributed by atoms with van der Waals surface area (Å²) < 4.78 is 0. The molecule has 9 heteroatoms. The lowest BCUT2D eigenvalue weighted by Gasteiger charge is -2.29. The Morgan fingerprint density at radius 2 is 2.00 bits per heavy atom. The molecule has 1 saturated heterocycles. The van der Waals surface area contributed by atoms with Gasteiger partial charge in [-0.05, 0) is 24.8 Å². The molecule has 0 aromatic carbocycles. The average molecular weight is 389 g/mol. The number of carbonyl (C=O) groups is 3. The largest absolute Gasteiger partial charge is 0.297 e. The van der Waals surface area contributed by atoms with Gasteiger partial charge in [-0.15, -0.1) is 0 Å². The maximum Gasteiger partial charge on any atom is 0.242 e. The minimum absolute atomic E-state index is 0.0602. The molecule has 9 nitrogen and oxygen atoms in total. The lowest BCUT2D eigenvalue weighted by atomic mass is 9.91. The number of Topliss-reactive ketones (excluding diaryl/α,β-unsaturated/α-hetero) is 1. The van der Waals surface area contributed by atoms with Crippen LogP contribution >= 0.6 is 0 Å². The summed E-state index contributed by atoms with van der Waals surface area (Å²) in [7, 11) is 0. The summed E-state index contributed by atoms with van der Waals surface area (Å²) in [6, 6.07) is 1.09. The van der Waals surface area contributed by atoms with E-state index in [0.717, 1.165) is 25.7 Å². The van der Waals surface area contributed by atoms with Crippen LogP contribution < -0.4 is 5.43 Å². The van der Waals surface area contributed by atoms with Gasteiger partial charge >= 0.3 is 0 Å². The van der Waals surface area contributed by atoms with Crippen molar-refractivity contribution in [3.05, 3.63) is 24.3 Å². The van der Waals surface area contributed by atoms with Gasteiger partial charge in [0.1, 0.15) is 11.9 Å². The second-order valence-corrected chi connectivity index (χ2v) is 7.54. The summed E-state index contributed by atoms with van der Waals surface area (Å²) in [5, 5.41) is 11.6. The van der Waals surface area contributed by atoms with E-state index in [1.807, 2.05) is 0 Å². The first-order valence-electron chi connectivity index (χ1n) is 9.84. The monoisotopic (exact) mass is 389 g/mol. The lowest BCUT2D eigenvalue weighted by Crippen LogP contribution is -2.51. The molecule has 152 valence electrons. The zero-order valence-electron chi connectivity index (χ0n) is 15.9. The fourth-order valence-electron chi connectivity index (χ4n) is 4.16. The number of nitrogens with one attached hydrogen (secondary N) is 1. The minimum atomic E-state index is -0.592. The van der Waals surface area contributed by atoms with Gasteiger partial charge in [0.25, 0.3) is 0 Å². The zero-order chi connectivity index (χ0) is 19.9. The molecule has 1 aromatic rings. The van der Waals surface area contributed by atoms with Gasteiger partial charge in [0.15, 0.2) is 5.78 Å². The highest BCUT2D eigenvalue weighted by molar-refractivity contribution is 5.91. The number of hydrogen-bond acceptors (Lipinski definition) is 7. The SMILES string of the molecule is O=CN(O)C[C@@H](CC1CCCC1)C(=O)N1NCC[C@H]1C(=O)Cc1ncccn1. The topological polar surface area (TPSA) is 116 Å². The molecule has 1 aliphatic heterocycles. The number of ketones is 1. The van der Waals surface area contributed by atoms with Crippen molar-refractivity contribution < 1.29 is 19.6 Å². The third-order valence-corrected chi connectivity index (χ3v) is 5.54. The van der Waals surface area contributed by atoms with Crippen LogP contribution in [0.15, 0.2) is 18.5 Å². The van der Waals surface area contributed by atoms with E-state index in [4.69, 9.17) is 0 Å². The summed E-state index contributed by atoms with van der Waals surface area (Å²) in [6.07, 6.45) is 9.04. The van der Waals surface area contributed by atoms with E-state index < -0.39 is 12.0 Å². The van der Waals surface area contributed by atoms with Crippen molar-refractivity contribution in [2.45, 2.75) is 51.0 Å². The molecular formula is C19H27N5O4. The molecule has 1 saturated carbocycles. The van der Waals surface area contributed by atoms with E-state index in [2.05, 4.69) is 15.4 Å². The smallest absolute Gasteiger partial charge is 0.242 e. The molecule has 2 aliphatic rings. The number of hydroxylamine groups is 2. The fraction of sp³-hybridized carbons (Fsp3) is 0.632. The first-order chi connectivity index (χ1) is 13.6. The Balaban J connectivity index is 1.68. The predicted octanol–water partition coefficient (Wildman–Crippen LogP) is 0.738. The Morgan fingerprint density at radius 3 is 2.68 bits per heavy atom. The zero-order valence-corrected chi connectivity index (χ0v) is 15.9. The lowest BCUT2D eigenvalue weighted by molar-refractivity contribution is -0.159. The number of nitrogens with zero attached hydrogens (tertiary/aromatic N) is 4. The average Bonchev–Trinajstić information content (AvgIpc) is 3.39. The maximum absolute atomic E-state index is 13.2. The van der Waals surface area contributed by atoms with Crippen molar-refractivity contribution in [2.24, 2.45) is 11.8 Å². The Labute approximate surface area is 164 Å². The number of hydrogen-bond donors (Lipinski definition) is 2.